The van der Waals surface area contributed by atoms with Crippen molar-refractivity contribution in [2.75, 3.05) is 17.2 Å². The summed E-state index contributed by atoms with van der Waals surface area (Å²) in [6, 6.07) is 4.08. The van der Waals surface area contributed by atoms with Gasteiger partial charge in [-0.05, 0) is 56.2 Å². The lowest BCUT2D eigenvalue weighted by Crippen LogP contribution is -2.72. The van der Waals surface area contributed by atoms with Crippen LogP contribution in [-0.4, -0.2) is 69.1 Å². The number of β-lactam (4-membered cyclic amide) rings is 1. The van der Waals surface area contributed by atoms with Gasteiger partial charge in [-0.2, -0.15) is 4.90 Å². The largest absolute Gasteiger partial charge is 0.477 e. The molecule has 3 fully saturated rings. The molecule has 1 saturated carbocycles. The van der Waals surface area contributed by atoms with Gasteiger partial charge in [-0.1, -0.05) is 11.2 Å². The zero-order chi connectivity index (χ0) is 30.2. The van der Waals surface area contributed by atoms with E-state index in [2.05, 4.69) is 15.5 Å². The van der Waals surface area contributed by atoms with Crippen LogP contribution in [-0.2, 0) is 31.1 Å². The number of nitrogens with one attached hydrogen (secondary N) is 1. The number of nitrogens with zero attached hydrogens (tertiary/aromatic N) is 5. The van der Waals surface area contributed by atoms with Crippen LogP contribution < -0.4 is 20.5 Å². The number of pyridine rings is 1. The number of carbonyl (C=O) groups is 4. The van der Waals surface area contributed by atoms with Gasteiger partial charge in [0.1, 0.15) is 23.5 Å². The van der Waals surface area contributed by atoms with Crippen molar-refractivity contribution in [3.8, 4) is 0 Å². The first kappa shape index (κ1) is 28.5. The third-order valence-electron chi connectivity index (χ3n) is 8.32. The maximum absolute atomic E-state index is 13.3. The molecule has 2 atom stereocenters. The number of anilines is 2. The molecule has 6 rings (SSSR count). The van der Waals surface area contributed by atoms with E-state index >= 15 is 0 Å². The second-order valence-electron chi connectivity index (χ2n) is 11.0. The molecule has 14 heteroatoms. The van der Waals surface area contributed by atoms with Crippen LogP contribution in [0.4, 0.5) is 10.9 Å². The SMILES string of the molecule is C[n+]1ccccc1N1CCC(=CC2=C(C(=O)O)N3C(=O)[C@@H](NC(=O)/C(=N\OC4CCCC4)c4csc(N)n4)[C@H]3CC2)C1=O. The summed E-state index contributed by atoms with van der Waals surface area (Å²) in [7, 11) is 1.85. The van der Waals surface area contributed by atoms with Crippen LogP contribution in [0.5, 0.6) is 0 Å². The van der Waals surface area contributed by atoms with Crippen LogP contribution in [0.3, 0.4) is 0 Å². The van der Waals surface area contributed by atoms with Crippen LogP contribution in [0, 0.1) is 0 Å². The third kappa shape index (κ3) is 5.38. The monoisotopic (exact) mass is 606 g/mol. The lowest BCUT2D eigenvalue weighted by molar-refractivity contribution is -0.658. The van der Waals surface area contributed by atoms with Gasteiger partial charge < -0.3 is 21.0 Å². The Morgan fingerprint density at radius 1 is 1.23 bits per heavy atom. The number of aromatic nitrogens is 2. The molecule has 3 aliphatic heterocycles. The minimum absolute atomic E-state index is 0.0857. The van der Waals surface area contributed by atoms with Gasteiger partial charge in [0.05, 0.1) is 25.8 Å². The van der Waals surface area contributed by atoms with Crippen molar-refractivity contribution in [3.63, 3.8) is 0 Å². The van der Waals surface area contributed by atoms with Gasteiger partial charge in [-0.15, -0.1) is 11.3 Å². The number of nitrogens with two attached hydrogens (primary N) is 1. The molecule has 0 unspecified atom stereocenters. The van der Waals surface area contributed by atoms with E-state index in [4.69, 9.17) is 10.6 Å². The van der Waals surface area contributed by atoms with Gasteiger partial charge in [0.2, 0.25) is 0 Å². The number of carbonyl (C=O) groups excluding carboxylic acids is 3. The van der Waals surface area contributed by atoms with Crippen molar-refractivity contribution >= 4 is 51.7 Å². The highest BCUT2D eigenvalue weighted by atomic mass is 32.1. The van der Waals surface area contributed by atoms with E-state index in [0.29, 0.717) is 37.0 Å². The Hall–Kier alpha value is -4.59. The van der Waals surface area contributed by atoms with Gasteiger partial charge in [-0.3, -0.25) is 14.5 Å². The van der Waals surface area contributed by atoms with E-state index in [0.717, 1.165) is 42.8 Å². The van der Waals surface area contributed by atoms with E-state index in [1.807, 2.05) is 36.0 Å². The Morgan fingerprint density at radius 2 is 2.02 bits per heavy atom. The molecule has 0 aromatic carbocycles. The molecule has 3 amide bonds. The standard InChI is InChI=1S/C29H31N7O6S/c1-34-12-5-4-8-21(34)35-13-11-17(26(35)38)14-16-9-10-20-23(27(39)36(20)24(16)28(40)41)32-25(37)22(19-15-43-29(30)31-19)33-42-18-6-2-3-7-18/h4-5,8,12,14-15,18,20,23H,2-3,6-7,9-11,13H2,1H3,(H3-,30,31,32,37,40,41)/p+1/b17-14?,33-22-/t20-,23+/m1/s1. The molecule has 0 bridgehead atoms. The summed E-state index contributed by atoms with van der Waals surface area (Å²) >= 11 is 1.15. The van der Waals surface area contributed by atoms with Crippen molar-refractivity contribution < 1.29 is 33.7 Å². The zero-order valence-electron chi connectivity index (χ0n) is 23.6. The number of oxime groups is 1. The van der Waals surface area contributed by atoms with Gasteiger partial charge in [0.25, 0.3) is 17.6 Å². The maximum atomic E-state index is 13.3. The molecule has 0 radical (unpaired) electrons. The van der Waals surface area contributed by atoms with Crippen LogP contribution in [0.2, 0.25) is 0 Å². The maximum Gasteiger partial charge on any atom is 0.352 e. The Morgan fingerprint density at radius 3 is 2.72 bits per heavy atom. The molecular formula is C29H32N7O6S+. The molecule has 0 spiro atoms. The minimum atomic E-state index is -1.27. The fourth-order valence-corrected chi connectivity index (χ4v) is 6.68. The highest BCUT2D eigenvalue weighted by Gasteiger charge is 2.53. The second kappa shape index (κ2) is 11.6. The summed E-state index contributed by atoms with van der Waals surface area (Å²) in [5, 5.41) is 18.8. The Kier molecular flexibility index (Phi) is 7.69. The fourth-order valence-electron chi connectivity index (χ4n) is 6.14. The topological polar surface area (TPSA) is 171 Å². The quantitative estimate of drug-likeness (QED) is 0.133. The number of amides is 3. The Bertz CT molecular complexity index is 1590. The number of hydrogen-bond donors (Lipinski definition) is 3. The van der Waals surface area contributed by atoms with Gasteiger partial charge in [0, 0.05) is 23.4 Å². The normalized spacial score (nSPS) is 23.6. The minimum Gasteiger partial charge on any atom is -0.477 e. The van der Waals surface area contributed by atoms with Crippen molar-refractivity contribution in [1.82, 2.24) is 15.2 Å². The van der Waals surface area contributed by atoms with Crippen LogP contribution in [0.15, 0.2) is 57.9 Å². The number of hydrogen-bond acceptors (Lipinski definition) is 9. The first-order valence-electron chi connectivity index (χ1n) is 14.3. The number of fused-ring (bicyclic) bond motifs is 1. The smallest absolute Gasteiger partial charge is 0.352 e. The average Bonchev–Trinajstić information content (AvgIpc) is 3.74. The van der Waals surface area contributed by atoms with E-state index in [1.54, 1.807) is 16.4 Å². The number of carboxylic acids is 1. The molecule has 2 aromatic rings. The number of aliphatic carboxylic acids is 1. The van der Waals surface area contributed by atoms with Gasteiger partial charge in [0.15, 0.2) is 10.8 Å². The van der Waals surface area contributed by atoms with E-state index < -0.39 is 29.9 Å². The average molecular weight is 607 g/mol. The number of carboxylic acid groups (broad SMARTS) is 1. The summed E-state index contributed by atoms with van der Waals surface area (Å²) in [4.78, 5) is 65.0. The molecule has 5 heterocycles. The van der Waals surface area contributed by atoms with Crippen molar-refractivity contribution in [2.24, 2.45) is 12.2 Å². The van der Waals surface area contributed by atoms with E-state index in [1.165, 1.54) is 4.90 Å². The predicted octanol–water partition coefficient (Wildman–Crippen LogP) is 1.40. The lowest BCUT2D eigenvalue weighted by atomic mass is 9.82. The number of rotatable bonds is 8. The molecule has 13 nitrogen and oxygen atoms in total. The fraction of sp³-hybridized carbons (Fsp3) is 0.414. The Balaban J connectivity index is 1.20. The molecule has 224 valence electrons. The van der Waals surface area contributed by atoms with Crippen molar-refractivity contribution in [2.45, 2.75) is 63.1 Å². The summed E-state index contributed by atoms with van der Waals surface area (Å²) in [5.41, 5.74) is 6.67. The van der Waals surface area contributed by atoms with E-state index in [9.17, 15) is 24.3 Å². The van der Waals surface area contributed by atoms with E-state index in [-0.39, 0.29) is 34.2 Å². The number of thiazole rings is 1. The summed E-state index contributed by atoms with van der Waals surface area (Å²) in [6.07, 6.45) is 8.29. The molecule has 4 aliphatic rings. The summed E-state index contributed by atoms with van der Waals surface area (Å²) in [6.45, 7) is 0.469. The first-order valence-corrected chi connectivity index (χ1v) is 15.1. The van der Waals surface area contributed by atoms with Crippen LogP contribution in [0.1, 0.15) is 50.6 Å². The molecule has 2 saturated heterocycles. The molecule has 2 aromatic heterocycles. The first-order chi connectivity index (χ1) is 20.7. The zero-order valence-corrected chi connectivity index (χ0v) is 24.4. The van der Waals surface area contributed by atoms with Crippen LogP contribution >= 0.6 is 11.3 Å². The van der Waals surface area contributed by atoms with Crippen molar-refractivity contribution in [3.05, 3.63) is 58.4 Å². The highest BCUT2D eigenvalue weighted by molar-refractivity contribution is 7.13. The summed E-state index contributed by atoms with van der Waals surface area (Å²) in [5.74, 6) is -1.93. The second-order valence-corrected chi connectivity index (χ2v) is 11.9. The molecule has 1 aliphatic carbocycles. The molecular weight excluding hydrogens is 574 g/mol. The number of nitrogen functional groups attached to an aromatic ring is 1. The molecule has 4 N–H and O–H groups in total. The Labute approximate surface area is 251 Å². The highest BCUT2D eigenvalue weighted by Crippen LogP contribution is 2.38. The summed E-state index contributed by atoms with van der Waals surface area (Å²) < 4.78 is 1.85. The van der Waals surface area contributed by atoms with Crippen molar-refractivity contribution in [1.29, 1.82) is 0 Å². The third-order valence-corrected chi connectivity index (χ3v) is 8.99. The lowest BCUT2D eigenvalue weighted by Gasteiger charge is -2.50. The van der Waals surface area contributed by atoms with Gasteiger partial charge in [-0.25, -0.2) is 19.1 Å². The molecule has 43 heavy (non-hydrogen) atoms. The predicted molar refractivity (Wildman–Crippen MR) is 156 cm³/mol. The van der Waals surface area contributed by atoms with Crippen LogP contribution in [0.25, 0.3) is 0 Å². The number of aryl methyl sites for hydroxylation is 1. The number of allylic oxidation sites excluding steroid dienone is 2. The van der Waals surface area contributed by atoms with Gasteiger partial charge >= 0.3 is 11.9 Å².